The standard InChI is InChI=1S/C27H45NO6SSi2/c1-21(29)24(26(30)33-16-18-36(5,6)7)20-22-19-23(28(31)32)13-14-25(22)35-17-12-10-11-15-34-37(8,9)27(2,3)4/h13-14,19-20H,10-12,15-18H2,1-9H3/b24-20-. The van der Waals surface area contributed by atoms with Gasteiger partial charge in [-0.25, -0.2) is 4.79 Å². The van der Waals surface area contributed by atoms with Crippen LogP contribution >= 0.6 is 11.8 Å². The molecule has 0 saturated carbocycles. The fourth-order valence-corrected chi connectivity index (χ4v) is 5.81. The van der Waals surface area contributed by atoms with Crippen molar-refractivity contribution in [3.8, 4) is 0 Å². The van der Waals surface area contributed by atoms with E-state index in [1.54, 1.807) is 17.8 Å². The van der Waals surface area contributed by atoms with Gasteiger partial charge >= 0.3 is 5.97 Å². The van der Waals surface area contributed by atoms with E-state index in [4.69, 9.17) is 9.16 Å². The quantitative estimate of drug-likeness (QED) is 0.0246. The maximum atomic E-state index is 12.7. The molecule has 0 spiro atoms. The molecule has 7 nitrogen and oxygen atoms in total. The molecule has 208 valence electrons. The number of rotatable bonds is 15. The molecule has 0 bridgehead atoms. The summed E-state index contributed by atoms with van der Waals surface area (Å²) in [6.07, 6.45) is 4.39. The zero-order valence-electron chi connectivity index (χ0n) is 24.1. The number of hydrogen-bond acceptors (Lipinski definition) is 7. The Bertz CT molecular complexity index is 980. The molecule has 1 rings (SSSR count). The molecule has 0 unspecified atom stereocenters. The Balaban J connectivity index is 2.87. The number of ether oxygens (including phenoxy) is 1. The third-order valence-electron chi connectivity index (χ3n) is 6.50. The maximum absolute atomic E-state index is 12.7. The summed E-state index contributed by atoms with van der Waals surface area (Å²) < 4.78 is 11.6. The Hall–Kier alpha value is -1.76. The zero-order valence-corrected chi connectivity index (χ0v) is 26.9. The predicted molar refractivity (Wildman–Crippen MR) is 159 cm³/mol. The number of non-ortho nitro benzene ring substituents is 1. The maximum Gasteiger partial charge on any atom is 0.341 e. The van der Waals surface area contributed by atoms with Gasteiger partial charge in [0.15, 0.2) is 14.1 Å². The minimum atomic E-state index is -1.73. The van der Waals surface area contributed by atoms with Crippen molar-refractivity contribution in [3.05, 3.63) is 39.4 Å². The summed E-state index contributed by atoms with van der Waals surface area (Å²) in [5.74, 6) is -0.299. The van der Waals surface area contributed by atoms with Gasteiger partial charge in [0, 0.05) is 31.7 Å². The molecule has 10 heteroatoms. The highest BCUT2D eigenvalue weighted by Crippen LogP contribution is 2.36. The predicted octanol–water partition coefficient (Wildman–Crippen LogP) is 7.73. The van der Waals surface area contributed by atoms with Crippen molar-refractivity contribution >= 4 is 51.7 Å². The van der Waals surface area contributed by atoms with Crippen molar-refractivity contribution in [2.45, 2.75) is 95.7 Å². The number of carbonyl (C=O) groups excluding carboxylic acids is 2. The van der Waals surface area contributed by atoms with Crippen LogP contribution in [0.1, 0.15) is 52.5 Å². The van der Waals surface area contributed by atoms with Crippen LogP contribution in [0.15, 0.2) is 28.7 Å². The number of ketones is 1. The highest BCUT2D eigenvalue weighted by Gasteiger charge is 2.36. The van der Waals surface area contributed by atoms with Crippen molar-refractivity contribution in [1.82, 2.24) is 0 Å². The lowest BCUT2D eigenvalue weighted by Crippen LogP contribution is -2.40. The topological polar surface area (TPSA) is 95.7 Å². The normalized spacial score (nSPS) is 12.9. The number of nitro benzene ring substituents is 1. The SMILES string of the molecule is CC(=O)/C(=C/c1cc([N+](=O)[O-])ccc1SCCCCCO[Si](C)(C)C(C)(C)C)C(=O)OCC[Si](C)(C)C. The van der Waals surface area contributed by atoms with Crippen molar-refractivity contribution in [3.63, 3.8) is 0 Å². The number of carbonyl (C=O) groups is 2. The van der Waals surface area contributed by atoms with Gasteiger partial charge in [0.1, 0.15) is 5.57 Å². The van der Waals surface area contributed by atoms with Crippen LogP contribution in [0.25, 0.3) is 6.08 Å². The highest BCUT2D eigenvalue weighted by molar-refractivity contribution is 7.99. The van der Waals surface area contributed by atoms with Gasteiger partial charge < -0.3 is 9.16 Å². The molecule has 0 aromatic heterocycles. The van der Waals surface area contributed by atoms with E-state index in [0.717, 1.165) is 42.6 Å². The summed E-state index contributed by atoms with van der Waals surface area (Å²) in [6, 6.07) is 5.34. The lowest BCUT2D eigenvalue weighted by molar-refractivity contribution is -0.384. The van der Waals surface area contributed by atoms with Gasteiger partial charge in [0.05, 0.1) is 11.5 Å². The first kappa shape index (κ1) is 33.3. The Morgan fingerprint density at radius 3 is 2.24 bits per heavy atom. The molecule has 0 aliphatic heterocycles. The summed E-state index contributed by atoms with van der Waals surface area (Å²) in [6.45, 7) is 20.1. The summed E-state index contributed by atoms with van der Waals surface area (Å²) >= 11 is 1.56. The lowest BCUT2D eigenvalue weighted by Gasteiger charge is -2.36. The van der Waals surface area contributed by atoms with E-state index in [0.29, 0.717) is 5.56 Å². The summed E-state index contributed by atoms with van der Waals surface area (Å²) in [4.78, 5) is 36.6. The average Bonchev–Trinajstić information content (AvgIpc) is 2.75. The highest BCUT2D eigenvalue weighted by atomic mass is 32.2. The molecule has 1 aromatic rings. The van der Waals surface area contributed by atoms with Crippen molar-refractivity contribution in [2.75, 3.05) is 19.0 Å². The van der Waals surface area contributed by atoms with E-state index in [-0.39, 0.29) is 22.9 Å². The Morgan fingerprint density at radius 2 is 1.70 bits per heavy atom. The fourth-order valence-electron chi connectivity index (χ4n) is 2.99. The third kappa shape index (κ3) is 12.1. The third-order valence-corrected chi connectivity index (χ3v) is 13.9. The Morgan fingerprint density at radius 1 is 1.05 bits per heavy atom. The number of Topliss-reactive ketones (excluding diaryl/α,β-unsaturated/α-hetero) is 1. The van der Waals surface area contributed by atoms with Crippen molar-refractivity contribution < 1.29 is 23.7 Å². The van der Waals surface area contributed by atoms with E-state index >= 15 is 0 Å². The molecule has 0 aliphatic rings. The van der Waals surface area contributed by atoms with Crippen LogP contribution < -0.4 is 0 Å². The zero-order chi connectivity index (χ0) is 28.4. The molecule has 0 atom stereocenters. The van der Waals surface area contributed by atoms with Gasteiger partial charge in [-0.3, -0.25) is 14.9 Å². The molecular weight excluding hydrogens is 523 g/mol. The van der Waals surface area contributed by atoms with Crippen molar-refractivity contribution in [2.24, 2.45) is 0 Å². The number of esters is 1. The summed E-state index contributed by atoms with van der Waals surface area (Å²) in [5, 5.41) is 11.6. The molecular formula is C27H45NO6SSi2. The monoisotopic (exact) mass is 567 g/mol. The lowest BCUT2D eigenvalue weighted by atomic mass is 10.1. The molecule has 0 radical (unpaired) electrons. The number of nitrogens with zero attached hydrogens (tertiary/aromatic N) is 1. The van der Waals surface area contributed by atoms with Gasteiger partial charge in [0.25, 0.3) is 5.69 Å². The van der Waals surface area contributed by atoms with Crippen LogP contribution in [-0.2, 0) is 18.8 Å². The fraction of sp³-hybridized carbons (Fsp3) is 0.630. The minimum absolute atomic E-state index is 0.0895. The molecule has 0 fully saturated rings. The second-order valence-corrected chi connectivity index (χ2v) is 23.6. The first-order chi connectivity index (χ1) is 16.9. The molecule has 0 amide bonds. The van der Waals surface area contributed by atoms with Crippen LogP contribution in [0.5, 0.6) is 0 Å². The van der Waals surface area contributed by atoms with Crippen LogP contribution in [0.2, 0.25) is 43.8 Å². The number of thioether (sulfide) groups is 1. The van der Waals surface area contributed by atoms with Gasteiger partial charge in [-0.1, -0.05) is 46.8 Å². The van der Waals surface area contributed by atoms with Crippen LogP contribution in [0, 0.1) is 10.1 Å². The van der Waals surface area contributed by atoms with Crippen molar-refractivity contribution in [1.29, 1.82) is 0 Å². The second-order valence-electron chi connectivity index (χ2n) is 12.1. The summed E-state index contributed by atoms with van der Waals surface area (Å²) in [7, 11) is -3.13. The van der Waals surface area contributed by atoms with E-state index in [2.05, 4.69) is 53.5 Å². The molecule has 0 saturated heterocycles. The number of hydrogen-bond donors (Lipinski definition) is 0. The van der Waals surface area contributed by atoms with Crippen LogP contribution in [0.3, 0.4) is 0 Å². The van der Waals surface area contributed by atoms with Gasteiger partial charge in [-0.2, -0.15) is 0 Å². The first-order valence-corrected chi connectivity index (χ1v) is 20.5. The molecule has 37 heavy (non-hydrogen) atoms. The number of benzene rings is 1. The van der Waals surface area contributed by atoms with Crippen LogP contribution in [-0.4, -0.2) is 52.0 Å². The minimum Gasteiger partial charge on any atom is -0.462 e. The Labute approximate surface area is 229 Å². The van der Waals surface area contributed by atoms with E-state index in [1.165, 1.54) is 25.1 Å². The largest absolute Gasteiger partial charge is 0.462 e. The average molecular weight is 568 g/mol. The van der Waals surface area contributed by atoms with E-state index in [1.807, 2.05) is 0 Å². The molecule has 0 heterocycles. The number of unbranched alkanes of at least 4 members (excludes halogenated alkanes) is 2. The van der Waals surface area contributed by atoms with E-state index < -0.39 is 33.1 Å². The Kier molecular flexibility index (Phi) is 13.0. The van der Waals surface area contributed by atoms with E-state index in [9.17, 15) is 19.7 Å². The van der Waals surface area contributed by atoms with Crippen LogP contribution in [0.4, 0.5) is 5.69 Å². The first-order valence-electron chi connectivity index (χ1n) is 12.9. The molecule has 1 aromatic carbocycles. The summed E-state index contributed by atoms with van der Waals surface area (Å²) in [5.41, 5.74) is 0.293. The molecule has 0 N–H and O–H groups in total. The number of nitro groups is 1. The molecule has 0 aliphatic carbocycles. The smallest absolute Gasteiger partial charge is 0.341 e. The van der Waals surface area contributed by atoms with Gasteiger partial charge in [-0.15, -0.1) is 11.8 Å². The second kappa shape index (κ2) is 14.4. The van der Waals surface area contributed by atoms with Gasteiger partial charge in [-0.05, 0) is 67.4 Å². The van der Waals surface area contributed by atoms with Gasteiger partial charge in [0.2, 0.25) is 0 Å².